The van der Waals surface area contributed by atoms with E-state index in [0.717, 1.165) is 45.1 Å². The number of rotatable bonds is 2. The minimum Gasteiger partial charge on any atom is -0.496 e. The van der Waals surface area contributed by atoms with Gasteiger partial charge in [-0.2, -0.15) is 0 Å². The van der Waals surface area contributed by atoms with Crippen LogP contribution in [0.15, 0.2) is 18.2 Å². The second kappa shape index (κ2) is 5.39. The summed E-state index contributed by atoms with van der Waals surface area (Å²) in [6.07, 6.45) is 0. The SMILES string of the molecule is COc1cc(N2CCN3CCOC[C@H]3C2)ccc1C. The number of ether oxygens (including phenoxy) is 2. The van der Waals surface area contributed by atoms with Gasteiger partial charge in [0.05, 0.1) is 26.4 Å². The van der Waals surface area contributed by atoms with Crippen molar-refractivity contribution in [1.29, 1.82) is 0 Å². The van der Waals surface area contributed by atoms with Crippen LogP contribution in [0.3, 0.4) is 0 Å². The van der Waals surface area contributed by atoms with Crippen LogP contribution in [0.1, 0.15) is 5.56 Å². The zero-order chi connectivity index (χ0) is 13.2. The number of nitrogens with zero attached hydrogens (tertiary/aromatic N) is 2. The van der Waals surface area contributed by atoms with Gasteiger partial charge in [-0.25, -0.2) is 0 Å². The summed E-state index contributed by atoms with van der Waals surface area (Å²) < 4.78 is 11.0. The van der Waals surface area contributed by atoms with Gasteiger partial charge in [0.2, 0.25) is 0 Å². The van der Waals surface area contributed by atoms with Crippen LogP contribution in [0.5, 0.6) is 5.75 Å². The van der Waals surface area contributed by atoms with Crippen LogP contribution in [0, 0.1) is 6.92 Å². The van der Waals surface area contributed by atoms with Crippen molar-refractivity contribution < 1.29 is 9.47 Å². The molecule has 0 aliphatic carbocycles. The first-order chi connectivity index (χ1) is 9.28. The molecule has 0 saturated carbocycles. The lowest BCUT2D eigenvalue weighted by Gasteiger charge is -2.44. The molecule has 19 heavy (non-hydrogen) atoms. The maximum atomic E-state index is 5.59. The van der Waals surface area contributed by atoms with Crippen LogP contribution in [0.2, 0.25) is 0 Å². The van der Waals surface area contributed by atoms with E-state index in [0.29, 0.717) is 6.04 Å². The second-order valence-electron chi connectivity index (χ2n) is 5.36. The van der Waals surface area contributed by atoms with Crippen LogP contribution in [-0.4, -0.2) is 57.4 Å². The molecule has 3 rings (SSSR count). The van der Waals surface area contributed by atoms with E-state index in [9.17, 15) is 0 Å². The van der Waals surface area contributed by atoms with Gasteiger partial charge in [-0.05, 0) is 18.6 Å². The summed E-state index contributed by atoms with van der Waals surface area (Å²) in [6, 6.07) is 7.01. The maximum absolute atomic E-state index is 5.59. The van der Waals surface area contributed by atoms with E-state index in [2.05, 4.69) is 34.9 Å². The van der Waals surface area contributed by atoms with E-state index in [4.69, 9.17) is 9.47 Å². The molecule has 0 aromatic heterocycles. The molecule has 0 radical (unpaired) electrons. The summed E-state index contributed by atoms with van der Waals surface area (Å²) >= 11 is 0. The Kier molecular flexibility index (Phi) is 3.62. The lowest BCUT2D eigenvalue weighted by atomic mass is 10.1. The minimum atomic E-state index is 0.537. The van der Waals surface area contributed by atoms with E-state index >= 15 is 0 Å². The molecule has 2 saturated heterocycles. The Morgan fingerprint density at radius 2 is 2.16 bits per heavy atom. The Hall–Kier alpha value is -1.26. The lowest BCUT2D eigenvalue weighted by molar-refractivity contribution is -0.0116. The molecule has 104 valence electrons. The van der Waals surface area contributed by atoms with Gasteiger partial charge in [-0.3, -0.25) is 4.90 Å². The summed E-state index contributed by atoms with van der Waals surface area (Å²) in [4.78, 5) is 4.99. The van der Waals surface area contributed by atoms with E-state index in [1.54, 1.807) is 7.11 Å². The van der Waals surface area contributed by atoms with Crippen LogP contribution in [0.25, 0.3) is 0 Å². The Balaban J connectivity index is 1.75. The lowest BCUT2D eigenvalue weighted by Crippen LogP contribution is -2.58. The maximum Gasteiger partial charge on any atom is 0.123 e. The number of aryl methyl sites for hydroxylation is 1. The number of methoxy groups -OCH3 is 1. The third-order valence-corrected chi connectivity index (χ3v) is 4.19. The predicted molar refractivity (Wildman–Crippen MR) is 76.1 cm³/mol. The first kappa shape index (κ1) is 12.8. The molecule has 2 aliphatic heterocycles. The summed E-state index contributed by atoms with van der Waals surface area (Å²) in [7, 11) is 1.74. The average molecular weight is 262 g/mol. The Bertz CT molecular complexity index is 450. The molecule has 1 atom stereocenters. The smallest absolute Gasteiger partial charge is 0.123 e. The number of benzene rings is 1. The van der Waals surface area contributed by atoms with Crippen LogP contribution < -0.4 is 9.64 Å². The van der Waals surface area contributed by atoms with Gasteiger partial charge in [-0.15, -0.1) is 0 Å². The number of hydrogen-bond acceptors (Lipinski definition) is 4. The van der Waals surface area contributed by atoms with Crippen LogP contribution in [-0.2, 0) is 4.74 Å². The van der Waals surface area contributed by atoms with E-state index in [1.807, 2.05) is 0 Å². The third-order valence-electron chi connectivity index (χ3n) is 4.19. The fourth-order valence-electron chi connectivity index (χ4n) is 2.99. The van der Waals surface area contributed by atoms with Gasteiger partial charge in [-0.1, -0.05) is 6.07 Å². The van der Waals surface area contributed by atoms with Gasteiger partial charge in [0.25, 0.3) is 0 Å². The molecule has 0 N–H and O–H groups in total. The Morgan fingerprint density at radius 3 is 3.00 bits per heavy atom. The Morgan fingerprint density at radius 1 is 1.26 bits per heavy atom. The highest BCUT2D eigenvalue weighted by Crippen LogP contribution is 2.27. The fraction of sp³-hybridized carbons (Fsp3) is 0.600. The highest BCUT2D eigenvalue weighted by Gasteiger charge is 2.29. The van der Waals surface area contributed by atoms with Crippen molar-refractivity contribution >= 4 is 5.69 Å². The fourth-order valence-corrected chi connectivity index (χ4v) is 2.99. The molecule has 4 heteroatoms. The normalized spacial score (nSPS) is 24.1. The number of morpholine rings is 1. The summed E-state index contributed by atoms with van der Waals surface area (Å²) in [5.41, 5.74) is 2.44. The molecule has 0 spiro atoms. The summed E-state index contributed by atoms with van der Waals surface area (Å²) in [5, 5.41) is 0. The zero-order valence-electron chi connectivity index (χ0n) is 11.8. The minimum absolute atomic E-state index is 0.537. The van der Waals surface area contributed by atoms with Crippen molar-refractivity contribution in [2.75, 3.05) is 51.4 Å². The topological polar surface area (TPSA) is 24.9 Å². The van der Waals surface area contributed by atoms with Crippen LogP contribution >= 0.6 is 0 Å². The third kappa shape index (κ3) is 2.55. The number of fused-ring (bicyclic) bond motifs is 1. The second-order valence-corrected chi connectivity index (χ2v) is 5.36. The molecule has 2 heterocycles. The number of anilines is 1. The van der Waals surface area contributed by atoms with Crippen molar-refractivity contribution in [1.82, 2.24) is 4.90 Å². The summed E-state index contributed by atoms with van der Waals surface area (Å²) in [5.74, 6) is 0.972. The van der Waals surface area contributed by atoms with E-state index < -0.39 is 0 Å². The van der Waals surface area contributed by atoms with Gasteiger partial charge in [0.1, 0.15) is 5.75 Å². The molecule has 1 aromatic carbocycles. The van der Waals surface area contributed by atoms with E-state index in [1.165, 1.54) is 11.3 Å². The largest absolute Gasteiger partial charge is 0.496 e. The summed E-state index contributed by atoms with van der Waals surface area (Å²) in [6.45, 7) is 8.17. The highest BCUT2D eigenvalue weighted by atomic mass is 16.5. The zero-order valence-corrected chi connectivity index (χ0v) is 11.8. The first-order valence-electron chi connectivity index (χ1n) is 6.99. The van der Waals surface area contributed by atoms with Crippen LogP contribution in [0.4, 0.5) is 5.69 Å². The molecule has 0 amide bonds. The molecule has 4 nitrogen and oxygen atoms in total. The predicted octanol–water partition coefficient (Wildman–Crippen LogP) is 1.52. The average Bonchev–Trinajstić information content (AvgIpc) is 2.47. The number of piperazine rings is 1. The molecule has 2 fully saturated rings. The van der Waals surface area contributed by atoms with Crippen molar-refractivity contribution in [2.24, 2.45) is 0 Å². The first-order valence-corrected chi connectivity index (χ1v) is 6.99. The molecule has 1 aromatic rings. The quantitative estimate of drug-likeness (QED) is 0.807. The van der Waals surface area contributed by atoms with E-state index in [-0.39, 0.29) is 0 Å². The van der Waals surface area contributed by atoms with Gasteiger partial charge in [0.15, 0.2) is 0 Å². The number of hydrogen-bond donors (Lipinski definition) is 0. The standard InChI is InChI=1S/C15H22N2O2/c1-12-3-4-13(9-15(12)18-2)17-6-5-16-7-8-19-11-14(16)10-17/h3-4,9,14H,5-8,10-11H2,1-2H3/t14-/m1/s1. The molecule has 0 bridgehead atoms. The molecular formula is C15H22N2O2. The monoisotopic (exact) mass is 262 g/mol. The molecule has 2 aliphatic rings. The highest BCUT2D eigenvalue weighted by molar-refractivity contribution is 5.54. The van der Waals surface area contributed by atoms with Crippen molar-refractivity contribution in [3.63, 3.8) is 0 Å². The van der Waals surface area contributed by atoms with Gasteiger partial charge in [0, 0.05) is 37.9 Å². The van der Waals surface area contributed by atoms with Crippen molar-refractivity contribution in [3.05, 3.63) is 23.8 Å². The van der Waals surface area contributed by atoms with Gasteiger partial charge < -0.3 is 14.4 Å². The van der Waals surface area contributed by atoms with Gasteiger partial charge >= 0.3 is 0 Å². The van der Waals surface area contributed by atoms with Crippen molar-refractivity contribution in [3.8, 4) is 5.75 Å². The Labute approximate surface area is 114 Å². The molecule has 0 unspecified atom stereocenters. The molecular weight excluding hydrogens is 240 g/mol. The van der Waals surface area contributed by atoms with Crippen molar-refractivity contribution in [2.45, 2.75) is 13.0 Å².